The summed E-state index contributed by atoms with van der Waals surface area (Å²) in [6.45, 7) is 6.69. The molecule has 0 amide bonds. The van der Waals surface area contributed by atoms with E-state index in [1.165, 1.54) is 11.3 Å². The van der Waals surface area contributed by atoms with Crippen LogP contribution in [0.1, 0.15) is 25.8 Å². The quantitative estimate of drug-likeness (QED) is 0.791. The zero-order valence-electron chi connectivity index (χ0n) is 15.6. The third-order valence-corrected chi connectivity index (χ3v) is 4.38. The van der Waals surface area contributed by atoms with E-state index in [2.05, 4.69) is 29.2 Å². The molecule has 1 unspecified atom stereocenters. The molecule has 1 saturated heterocycles. The summed E-state index contributed by atoms with van der Waals surface area (Å²) in [4.78, 5) is 2.37. The van der Waals surface area contributed by atoms with E-state index in [1.54, 1.807) is 0 Å². The van der Waals surface area contributed by atoms with Gasteiger partial charge >= 0.3 is 0 Å². The molecule has 142 valence electrons. The summed E-state index contributed by atoms with van der Waals surface area (Å²) < 4.78 is 11.8. The lowest BCUT2D eigenvalue weighted by atomic mass is 10.1. The minimum absolute atomic E-state index is 0. The van der Waals surface area contributed by atoms with Crippen molar-refractivity contribution in [3.05, 3.63) is 54.1 Å². The lowest BCUT2D eigenvalue weighted by molar-refractivity contribution is 0.225. The molecule has 0 radical (unpaired) electrons. The summed E-state index contributed by atoms with van der Waals surface area (Å²) in [7, 11) is 0. The predicted octanol–water partition coefficient (Wildman–Crippen LogP) is 4.05. The highest BCUT2D eigenvalue weighted by Crippen LogP contribution is 2.26. The molecule has 1 atom stereocenters. The SMILES string of the molecule is CC(C)Oc1ccc(N2CCC(Oc3ccc(CCN)cc3)C2)cc1.Cl. The van der Waals surface area contributed by atoms with Crippen molar-refractivity contribution in [2.75, 3.05) is 24.5 Å². The highest BCUT2D eigenvalue weighted by atomic mass is 35.5. The summed E-state index contributed by atoms with van der Waals surface area (Å²) in [5.41, 5.74) is 8.07. The topological polar surface area (TPSA) is 47.7 Å². The van der Waals surface area contributed by atoms with Gasteiger partial charge in [-0.1, -0.05) is 12.1 Å². The minimum atomic E-state index is 0. The molecule has 0 saturated carbocycles. The van der Waals surface area contributed by atoms with Crippen molar-refractivity contribution in [1.82, 2.24) is 0 Å². The molecule has 0 spiro atoms. The number of hydrogen-bond acceptors (Lipinski definition) is 4. The molecular weight excluding hydrogens is 348 g/mol. The lowest BCUT2D eigenvalue weighted by Gasteiger charge is -2.20. The molecular formula is C21H29ClN2O2. The number of rotatable bonds is 7. The molecule has 0 bridgehead atoms. The van der Waals surface area contributed by atoms with Gasteiger partial charge in [0, 0.05) is 18.7 Å². The van der Waals surface area contributed by atoms with Crippen molar-refractivity contribution in [2.24, 2.45) is 5.73 Å². The Morgan fingerprint density at radius 2 is 1.69 bits per heavy atom. The van der Waals surface area contributed by atoms with E-state index >= 15 is 0 Å². The molecule has 1 fully saturated rings. The zero-order valence-corrected chi connectivity index (χ0v) is 16.4. The van der Waals surface area contributed by atoms with Gasteiger partial charge in [-0.3, -0.25) is 0 Å². The number of halogens is 1. The van der Waals surface area contributed by atoms with Gasteiger partial charge in [0.1, 0.15) is 17.6 Å². The number of nitrogens with two attached hydrogens (primary N) is 1. The van der Waals surface area contributed by atoms with Crippen LogP contribution in [0, 0.1) is 0 Å². The van der Waals surface area contributed by atoms with E-state index in [9.17, 15) is 0 Å². The number of anilines is 1. The molecule has 1 heterocycles. The first-order valence-corrected chi connectivity index (χ1v) is 9.11. The Hall–Kier alpha value is -1.91. The maximum Gasteiger partial charge on any atom is 0.119 e. The second-order valence-electron chi connectivity index (χ2n) is 6.82. The fraction of sp³-hybridized carbons (Fsp3) is 0.429. The predicted molar refractivity (Wildman–Crippen MR) is 110 cm³/mol. The summed E-state index contributed by atoms with van der Waals surface area (Å²) in [6, 6.07) is 16.6. The Balaban J connectivity index is 0.00000243. The van der Waals surface area contributed by atoms with Crippen molar-refractivity contribution in [3.8, 4) is 11.5 Å². The van der Waals surface area contributed by atoms with Crippen molar-refractivity contribution in [2.45, 2.75) is 38.9 Å². The monoisotopic (exact) mass is 376 g/mol. The van der Waals surface area contributed by atoms with E-state index in [0.717, 1.165) is 37.4 Å². The molecule has 2 aromatic rings. The Morgan fingerprint density at radius 1 is 1.04 bits per heavy atom. The standard InChI is InChI=1S/C21H28N2O2.ClH/c1-16(2)24-19-9-5-18(6-10-19)23-14-12-21(15-23)25-20-7-3-17(4-8-20)11-13-22;/h3-10,16,21H,11-15,22H2,1-2H3;1H. The van der Waals surface area contributed by atoms with Gasteiger partial charge in [-0.2, -0.15) is 0 Å². The van der Waals surface area contributed by atoms with Crippen LogP contribution in [0.2, 0.25) is 0 Å². The normalized spacial score (nSPS) is 16.5. The molecule has 26 heavy (non-hydrogen) atoms. The van der Waals surface area contributed by atoms with E-state index in [0.29, 0.717) is 6.54 Å². The fourth-order valence-electron chi connectivity index (χ4n) is 3.16. The third-order valence-electron chi connectivity index (χ3n) is 4.38. The van der Waals surface area contributed by atoms with Gasteiger partial charge in [-0.15, -0.1) is 12.4 Å². The van der Waals surface area contributed by atoms with Crippen LogP contribution in [0.15, 0.2) is 48.5 Å². The summed E-state index contributed by atoms with van der Waals surface area (Å²) >= 11 is 0. The van der Waals surface area contributed by atoms with Gasteiger partial charge in [0.05, 0.1) is 12.6 Å². The van der Waals surface area contributed by atoms with E-state index in [4.69, 9.17) is 15.2 Å². The van der Waals surface area contributed by atoms with Gasteiger partial charge in [0.2, 0.25) is 0 Å². The second-order valence-corrected chi connectivity index (χ2v) is 6.82. The highest BCUT2D eigenvalue weighted by Gasteiger charge is 2.24. The Labute approximate surface area is 162 Å². The van der Waals surface area contributed by atoms with Gasteiger partial charge in [-0.05, 0) is 68.8 Å². The van der Waals surface area contributed by atoms with Crippen molar-refractivity contribution in [1.29, 1.82) is 0 Å². The van der Waals surface area contributed by atoms with Crippen LogP contribution in [-0.4, -0.2) is 31.8 Å². The van der Waals surface area contributed by atoms with Crippen LogP contribution in [0.5, 0.6) is 11.5 Å². The Bertz CT molecular complexity index is 659. The third kappa shape index (κ3) is 5.55. The summed E-state index contributed by atoms with van der Waals surface area (Å²) in [5, 5.41) is 0. The first kappa shape index (κ1) is 20.4. The van der Waals surface area contributed by atoms with Crippen LogP contribution in [0.4, 0.5) is 5.69 Å². The first-order chi connectivity index (χ1) is 12.1. The van der Waals surface area contributed by atoms with E-state index in [1.807, 2.05) is 38.1 Å². The van der Waals surface area contributed by atoms with Crippen molar-refractivity contribution < 1.29 is 9.47 Å². The Kier molecular flexibility index (Phi) is 7.61. The maximum absolute atomic E-state index is 6.14. The molecule has 1 aliphatic rings. The van der Waals surface area contributed by atoms with Crippen LogP contribution in [0.3, 0.4) is 0 Å². The summed E-state index contributed by atoms with van der Waals surface area (Å²) in [6.07, 6.45) is 2.38. The zero-order chi connectivity index (χ0) is 17.6. The van der Waals surface area contributed by atoms with Crippen molar-refractivity contribution >= 4 is 18.1 Å². The fourth-order valence-corrected chi connectivity index (χ4v) is 3.16. The molecule has 0 aromatic heterocycles. The molecule has 2 N–H and O–H groups in total. The average Bonchev–Trinajstić information content (AvgIpc) is 3.05. The number of hydrogen-bond donors (Lipinski definition) is 1. The van der Waals surface area contributed by atoms with E-state index < -0.39 is 0 Å². The summed E-state index contributed by atoms with van der Waals surface area (Å²) in [5.74, 6) is 1.86. The van der Waals surface area contributed by atoms with Crippen LogP contribution >= 0.6 is 12.4 Å². The van der Waals surface area contributed by atoms with Crippen LogP contribution in [-0.2, 0) is 6.42 Å². The number of nitrogens with zero attached hydrogens (tertiary/aromatic N) is 1. The lowest BCUT2D eigenvalue weighted by Crippen LogP contribution is -2.24. The average molecular weight is 377 g/mol. The van der Waals surface area contributed by atoms with E-state index in [-0.39, 0.29) is 24.6 Å². The molecule has 3 rings (SSSR count). The molecule has 1 aliphatic heterocycles. The van der Waals surface area contributed by atoms with Gasteiger partial charge in [0.25, 0.3) is 0 Å². The molecule has 5 heteroatoms. The molecule has 4 nitrogen and oxygen atoms in total. The van der Waals surface area contributed by atoms with Gasteiger partial charge in [-0.25, -0.2) is 0 Å². The maximum atomic E-state index is 6.14. The number of benzene rings is 2. The van der Waals surface area contributed by atoms with Crippen LogP contribution < -0.4 is 20.1 Å². The van der Waals surface area contributed by atoms with Crippen molar-refractivity contribution in [3.63, 3.8) is 0 Å². The van der Waals surface area contributed by atoms with Crippen LogP contribution in [0.25, 0.3) is 0 Å². The van der Waals surface area contributed by atoms with Gasteiger partial charge in [0.15, 0.2) is 0 Å². The molecule has 2 aromatic carbocycles. The smallest absolute Gasteiger partial charge is 0.119 e. The minimum Gasteiger partial charge on any atom is -0.491 e. The Morgan fingerprint density at radius 3 is 2.31 bits per heavy atom. The molecule has 0 aliphatic carbocycles. The van der Waals surface area contributed by atoms with Gasteiger partial charge < -0.3 is 20.1 Å². The largest absolute Gasteiger partial charge is 0.491 e. The highest BCUT2D eigenvalue weighted by molar-refractivity contribution is 5.85. The second kappa shape index (κ2) is 9.70. The first-order valence-electron chi connectivity index (χ1n) is 9.11. The number of ether oxygens (including phenoxy) is 2.